The van der Waals surface area contributed by atoms with Gasteiger partial charge in [0.1, 0.15) is 5.82 Å². The normalized spacial score (nSPS) is 20.9. The lowest BCUT2D eigenvalue weighted by molar-refractivity contribution is -0.132. The Kier molecular flexibility index (Phi) is 6.61. The summed E-state index contributed by atoms with van der Waals surface area (Å²) in [6, 6.07) is 7.10. The van der Waals surface area contributed by atoms with Crippen LogP contribution in [0.5, 0.6) is 0 Å². The van der Waals surface area contributed by atoms with Crippen molar-refractivity contribution in [2.24, 2.45) is 0 Å². The summed E-state index contributed by atoms with van der Waals surface area (Å²) >= 11 is 6.10. The third-order valence-electron chi connectivity index (χ3n) is 5.63. The van der Waals surface area contributed by atoms with E-state index in [1.807, 2.05) is 18.2 Å². The number of pyridine rings is 1. The third kappa shape index (κ3) is 5.17. The highest BCUT2D eigenvalue weighted by Gasteiger charge is 2.29. The lowest BCUT2D eigenvalue weighted by atomic mass is 10.1. The minimum absolute atomic E-state index is 0.268. The molecule has 2 fully saturated rings. The van der Waals surface area contributed by atoms with Crippen molar-refractivity contribution >= 4 is 50.1 Å². The second kappa shape index (κ2) is 9.26. The zero-order chi connectivity index (χ0) is 22.9. The summed E-state index contributed by atoms with van der Waals surface area (Å²) in [5, 5.41) is 4.37. The SMILES string of the molecule is CS(=O)(=O)N1CCCC[C@@H](NC(=O)N2CCN(c3cc(N)nc4cc(Cl)ccc34)CC2)O1. The van der Waals surface area contributed by atoms with E-state index in [1.165, 1.54) is 0 Å². The summed E-state index contributed by atoms with van der Waals surface area (Å²) in [5.41, 5.74) is 7.69. The Bertz CT molecular complexity index is 1100. The van der Waals surface area contributed by atoms with Crippen molar-refractivity contribution in [2.45, 2.75) is 25.5 Å². The van der Waals surface area contributed by atoms with Crippen molar-refractivity contribution in [2.75, 3.05) is 49.6 Å². The highest BCUT2D eigenvalue weighted by Crippen LogP contribution is 2.30. The number of fused-ring (bicyclic) bond motifs is 1. The van der Waals surface area contributed by atoms with E-state index in [2.05, 4.69) is 15.2 Å². The van der Waals surface area contributed by atoms with Crippen LogP contribution in [0.15, 0.2) is 24.3 Å². The number of carbonyl (C=O) groups is 1. The molecule has 2 aromatic rings. The van der Waals surface area contributed by atoms with E-state index < -0.39 is 16.3 Å². The van der Waals surface area contributed by atoms with Crippen LogP contribution in [0.2, 0.25) is 5.02 Å². The first-order valence-electron chi connectivity index (χ1n) is 10.5. The molecule has 2 aliphatic heterocycles. The van der Waals surface area contributed by atoms with E-state index in [0.717, 1.165) is 33.7 Å². The van der Waals surface area contributed by atoms with Gasteiger partial charge in [0.05, 0.1) is 11.8 Å². The maximum atomic E-state index is 12.8. The molecular formula is C20H27ClN6O4S. The van der Waals surface area contributed by atoms with Crippen molar-refractivity contribution in [3.8, 4) is 0 Å². The van der Waals surface area contributed by atoms with E-state index in [9.17, 15) is 13.2 Å². The van der Waals surface area contributed by atoms with Crippen LogP contribution in [0.25, 0.3) is 10.9 Å². The van der Waals surface area contributed by atoms with Crippen LogP contribution in [-0.4, -0.2) is 74.0 Å². The fourth-order valence-electron chi connectivity index (χ4n) is 4.00. The Morgan fingerprint density at radius 2 is 1.94 bits per heavy atom. The molecule has 32 heavy (non-hydrogen) atoms. The molecule has 10 nitrogen and oxygen atoms in total. The van der Waals surface area contributed by atoms with Crippen molar-refractivity contribution in [1.82, 2.24) is 19.7 Å². The average molecular weight is 483 g/mol. The summed E-state index contributed by atoms with van der Waals surface area (Å²) in [5.74, 6) is 0.413. The molecule has 2 saturated heterocycles. The van der Waals surface area contributed by atoms with Crippen LogP contribution < -0.4 is 16.0 Å². The van der Waals surface area contributed by atoms with Crippen molar-refractivity contribution in [1.29, 1.82) is 0 Å². The third-order valence-corrected chi connectivity index (χ3v) is 6.88. The number of halogens is 1. The number of anilines is 2. The molecule has 2 amide bonds. The number of nitrogens with one attached hydrogen (secondary N) is 1. The highest BCUT2D eigenvalue weighted by atomic mass is 35.5. The lowest BCUT2D eigenvalue weighted by Crippen LogP contribution is -2.54. The molecule has 0 radical (unpaired) electrons. The maximum absolute atomic E-state index is 12.8. The fraction of sp³-hybridized carbons (Fsp3) is 0.500. The molecule has 2 aliphatic rings. The topological polar surface area (TPSA) is 121 Å². The van der Waals surface area contributed by atoms with E-state index >= 15 is 0 Å². The van der Waals surface area contributed by atoms with Crippen molar-refractivity contribution < 1.29 is 18.0 Å². The van der Waals surface area contributed by atoms with Gasteiger partial charge in [0.2, 0.25) is 10.0 Å². The van der Waals surface area contributed by atoms with Crippen LogP contribution in [0.3, 0.4) is 0 Å². The average Bonchev–Trinajstić information content (AvgIpc) is 2.98. The van der Waals surface area contributed by atoms with Crippen molar-refractivity contribution in [3.05, 3.63) is 29.3 Å². The Balaban J connectivity index is 1.40. The van der Waals surface area contributed by atoms with Crippen LogP contribution in [-0.2, 0) is 14.9 Å². The first-order chi connectivity index (χ1) is 15.2. The van der Waals surface area contributed by atoms with Gasteiger partial charge < -0.3 is 20.9 Å². The van der Waals surface area contributed by atoms with Gasteiger partial charge >= 0.3 is 6.03 Å². The molecule has 0 saturated carbocycles. The molecule has 3 heterocycles. The van der Waals surface area contributed by atoms with Crippen LogP contribution in [0.1, 0.15) is 19.3 Å². The highest BCUT2D eigenvalue weighted by molar-refractivity contribution is 7.88. The number of aromatic nitrogens is 1. The van der Waals surface area contributed by atoms with Crippen molar-refractivity contribution in [3.63, 3.8) is 0 Å². The van der Waals surface area contributed by atoms with Gasteiger partial charge in [-0.3, -0.25) is 4.84 Å². The molecular weight excluding hydrogens is 456 g/mol. The van der Waals surface area contributed by atoms with E-state index in [-0.39, 0.29) is 12.6 Å². The number of hydrogen-bond acceptors (Lipinski definition) is 7. The number of nitrogens with two attached hydrogens (primary N) is 1. The smallest absolute Gasteiger partial charge is 0.319 e. The molecule has 174 valence electrons. The first-order valence-corrected chi connectivity index (χ1v) is 12.7. The molecule has 0 unspecified atom stereocenters. The van der Waals surface area contributed by atoms with Gasteiger partial charge in [-0.05, 0) is 37.5 Å². The minimum atomic E-state index is -3.49. The largest absolute Gasteiger partial charge is 0.384 e. The second-order valence-electron chi connectivity index (χ2n) is 8.03. The lowest BCUT2D eigenvalue weighted by Gasteiger charge is -2.37. The fourth-order valence-corrected chi connectivity index (χ4v) is 4.89. The molecule has 4 rings (SSSR count). The molecule has 0 bridgehead atoms. The number of nitrogen functional groups attached to an aromatic ring is 1. The zero-order valence-electron chi connectivity index (χ0n) is 17.8. The summed E-state index contributed by atoms with van der Waals surface area (Å²) in [4.78, 5) is 26.6. The monoisotopic (exact) mass is 482 g/mol. The minimum Gasteiger partial charge on any atom is -0.384 e. The zero-order valence-corrected chi connectivity index (χ0v) is 19.4. The summed E-state index contributed by atoms with van der Waals surface area (Å²) in [7, 11) is -3.49. The van der Waals surface area contributed by atoms with Gasteiger partial charge in [-0.15, -0.1) is 0 Å². The summed E-state index contributed by atoms with van der Waals surface area (Å²) in [6.45, 7) is 2.54. The number of benzene rings is 1. The van der Waals surface area contributed by atoms with E-state index in [1.54, 1.807) is 11.0 Å². The predicted molar refractivity (Wildman–Crippen MR) is 124 cm³/mol. The van der Waals surface area contributed by atoms with E-state index in [0.29, 0.717) is 49.9 Å². The Morgan fingerprint density at radius 3 is 2.66 bits per heavy atom. The molecule has 0 aliphatic carbocycles. The number of hydroxylamine groups is 1. The van der Waals surface area contributed by atoms with Gasteiger partial charge in [0.25, 0.3) is 0 Å². The molecule has 1 aromatic heterocycles. The first kappa shape index (κ1) is 22.8. The number of carbonyl (C=O) groups excluding carboxylic acids is 1. The van der Waals surface area contributed by atoms with Gasteiger partial charge in [0.15, 0.2) is 6.23 Å². The number of sulfonamides is 1. The second-order valence-corrected chi connectivity index (χ2v) is 10.3. The summed E-state index contributed by atoms with van der Waals surface area (Å²) in [6.07, 6.45) is 2.44. The molecule has 1 aromatic carbocycles. The number of amides is 2. The van der Waals surface area contributed by atoms with Crippen LogP contribution >= 0.6 is 11.6 Å². The van der Waals surface area contributed by atoms with Gasteiger partial charge in [-0.25, -0.2) is 18.2 Å². The predicted octanol–water partition coefficient (Wildman–Crippen LogP) is 2.01. The Hall–Kier alpha value is -2.34. The number of piperazine rings is 1. The van der Waals surface area contributed by atoms with Crippen LogP contribution in [0.4, 0.5) is 16.3 Å². The Labute approximate surface area is 192 Å². The number of nitrogens with zero attached hydrogens (tertiary/aromatic N) is 4. The molecule has 3 N–H and O–H groups in total. The Morgan fingerprint density at radius 1 is 1.19 bits per heavy atom. The van der Waals surface area contributed by atoms with Gasteiger partial charge in [0, 0.05) is 54.9 Å². The molecule has 1 atom stereocenters. The van der Waals surface area contributed by atoms with Crippen LogP contribution in [0, 0.1) is 0 Å². The van der Waals surface area contributed by atoms with Gasteiger partial charge in [-0.1, -0.05) is 16.1 Å². The maximum Gasteiger partial charge on any atom is 0.319 e. The van der Waals surface area contributed by atoms with Gasteiger partial charge in [-0.2, -0.15) is 0 Å². The van der Waals surface area contributed by atoms with E-state index in [4.69, 9.17) is 22.2 Å². The number of urea groups is 1. The standard InChI is InChI=1S/C20H27ClN6O4S/c1-32(29,30)27-7-3-2-4-19(31-27)24-20(28)26-10-8-25(9-11-26)17-13-18(22)23-16-12-14(21)5-6-15(16)17/h5-6,12-13,19H,2-4,7-11H2,1H3,(H2,22,23)(H,24,28)/t19-/m0/s1. The quantitative estimate of drug-likeness (QED) is 0.686. The summed E-state index contributed by atoms with van der Waals surface area (Å²) < 4.78 is 24.6. The molecule has 12 heteroatoms. The molecule has 0 spiro atoms. The number of hydrogen-bond donors (Lipinski definition) is 2. The number of rotatable bonds is 3.